The lowest BCUT2D eigenvalue weighted by Crippen LogP contribution is -2.23. The molecule has 0 aromatic heterocycles. The van der Waals surface area contributed by atoms with Crippen LogP contribution in [0.1, 0.15) is 37.4 Å². The van der Waals surface area contributed by atoms with Gasteiger partial charge in [0.1, 0.15) is 23.0 Å². The van der Waals surface area contributed by atoms with E-state index in [0.29, 0.717) is 11.3 Å². The van der Waals surface area contributed by atoms with Gasteiger partial charge >= 0.3 is 0 Å². The van der Waals surface area contributed by atoms with Gasteiger partial charge in [0, 0.05) is 11.6 Å². The van der Waals surface area contributed by atoms with Crippen LogP contribution in [0.5, 0.6) is 23.0 Å². The first-order chi connectivity index (χ1) is 11.4. The molecule has 0 saturated heterocycles. The van der Waals surface area contributed by atoms with E-state index in [-0.39, 0.29) is 39.5 Å². The zero-order chi connectivity index (χ0) is 17.6. The normalized spacial score (nSPS) is 12.5. The summed E-state index contributed by atoms with van der Waals surface area (Å²) in [5, 5.41) is 10.3. The van der Waals surface area contributed by atoms with E-state index in [1.807, 2.05) is 0 Å². The van der Waals surface area contributed by atoms with E-state index in [1.54, 1.807) is 6.92 Å². The van der Waals surface area contributed by atoms with Crippen LogP contribution in [0.2, 0.25) is 0 Å². The number of phenols is 1. The summed E-state index contributed by atoms with van der Waals surface area (Å²) in [6.07, 6.45) is 0. The largest absolute Gasteiger partial charge is 0.507 e. The van der Waals surface area contributed by atoms with Crippen molar-refractivity contribution < 1.29 is 28.9 Å². The molecule has 0 radical (unpaired) electrons. The molecule has 1 aliphatic carbocycles. The lowest BCUT2D eigenvalue weighted by molar-refractivity contribution is 0.0971. The molecular formula is C18H16O6. The lowest BCUT2D eigenvalue weighted by atomic mass is 9.81. The number of aromatic hydroxyl groups is 1. The Balaban J connectivity index is 2.40. The lowest BCUT2D eigenvalue weighted by Gasteiger charge is -2.23. The smallest absolute Gasteiger partial charge is 0.202 e. The van der Waals surface area contributed by atoms with Gasteiger partial charge in [-0.3, -0.25) is 9.59 Å². The number of benzene rings is 2. The third kappa shape index (κ3) is 2.03. The van der Waals surface area contributed by atoms with Crippen LogP contribution in [0.4, 0.5) is 0 Å². The number of carbonyl (C=O) groups excluding carboxylic acids is 2. The third-order valence-electron chi connectivity index (χ3n) is 4.13. The van der Waals surface area contributed by atoms with Gasteiger partial charge in [-0.2, -0.15) is 0 Å². The maximum atomic E-state index is 13.0. The Bertz CT molecular complexity index is 882. The van der Waals surface area contributed by atoms with Crippen LogP contribution in [-0.2, 0) is 0 Å². The van der Waals surface area contributed by atoms with Crippen LogP contribution in [-0.4, -0.2) is 38.0 Å². The number of hydrogen-bond donors (Lipinski definition) is 1. The fourth-order valence-corrected chi connectivity index (χ4v) is 2.93. The molecule has 0 fully saturated rings. The van der Waals surface area contributed by atoms with Crippen LogP contribution in [0.25, 0.3) is 0 Å². The number of methoxy groups -OCH3 is 3. The van der Waals surface area contributed by atoms with E-state index in [2.05, 4.69) is 0 Å². The second kappa shape index (κ2) is 5.56. The number of rotatable bonds is 3. The highest BCUT2D eigenvalue weighted by atomic mass is 16.5. The Hall–Kier alpha value is -3.02. The Morgan fingerprint density at radius 2 is 1.42 bits per heavy atom. The molecule has 0 spiro atoms. The topological polar surface area (TPSA) is 82.1 Å². The summed E-state index contributed by atoms with van der Waals surface area (Å²) in [5.74, 6) is -0.286. The monoisotopic (exact) mass is 328 g/mol. The number of aryl methyl sites for hydroxylation is 1. The first-order valence-corrected chi connectivity index (χ1v) is 7.20. The molecule has 1 aliphatic rings. The maximum absolute atomic E-state index is 13.0. The van der Waals surface area contributed by atoms with Gasteiger partial charge in [0.05, 0.1) is 38.0 Å². The Morgan fingerprint density at radius 3 is 2.00 bits per heavy atom. The van der Waals surface area contributed by atoms with Gasteiger partial charge in [-0.25, -0.2) is 0 Å². The molecule has 3 rings (SSSR count). The molecule has 24 heavy (non-hydrogen) atoms. The number of fused-ring (bicyclic) bond motifs is 2. The molecule has 0 amide bonds. The molecule has 0 atom stereocenters. The molecule has 0 heterocycles. The van der Waals surface area contributed by atoms with Crippen molar-refractivity contribution >= 4 is 11.6 Å². The summed E-state index contributed by atoms with van der Waals surface area (Å²) in [7, 11) is 4.27. The third-order valence-corrected chi connectivity index (χ3v) is 4.13. The second-order valence-electron chi connectivity index (χ2n) is 5.40. The van der Waals surface area contributed by atoms with Crippen molar-refractivity contribution in [1.29, 1.82) is 0 Å². The fourth-order valence-electron chi connectivity index (χ4n) is 2.93. The minimum absolute atomic E-state index is 0.0431. The van der Waals surface area contributed by atoms with Crippen LogP contribution >= 0.6 is 0 Å². The van der Waals surface area contributed by atoms with E-state index in [0.717, 1.165) is 0 Å². The SMILES string of the molecule is COc1cc(OC)c2c(c1)C(=O)c1c(O)c(C)cc(OC)c1C2=O. The van der Waals surface area contributed by atoms with Gasteiger partial charge in [0.2, 0.25) is 5.78 Å². The predicted octanol–water partition coefficient (Wildman–Crippen LogP) is 2.50. The predicted molar refractivity (Wildman–Crippen MR) is 85.8 cm³/mol. The highest BCUT2D eigenvalue weighted by Crippen LogP contribution is 2.43. The molecule has 1 N–H and O–H groups in total. The van der Waals surface area contributed by atoms with Crippen molar-refractivity contribution in [2.45, 2.75) is 6.92 Å². The Morgan fingerprint density at radius 1 is 0.792 bits per heavy atom. The zero-order valence-electron chi connectivity index (χ0n) is 13.7. The second-order valence-corrected chi connectivity index (χ2v) is 5.40. The first-order valence-electron chi connectivity index (χ1n) is 7.20. The highest BCUT2D eigenvalue weighted by molar-refractivity contribution is 6.31. The van der Waals surface area contributed by atoms with E-state index in [1.165, 1.54) is 39.5 Å². The summed E-state index contributed by atoms with van der Waals surface area (Å²) in [6.45, 7) is 1.64. The maximum Gasteiger partial charge on any atom is 0.202 e. The van der Waals surface area contributed by atoms with Crippen molar-refractivity contribution in [3.8, 4) is 23.0 Å². The van der Waals surface area contributed by atoms with Gasteiger partial charge in [0.15, 0.2) is 5.78 Å². The van der Waals surface area contributed by atoms with Crippen molar-refractivity contribution in [1.82, 2.24) is 0 Å². The molecular weight excluding hydrogens is 312 g/mol. The Kier molecular flexibility index (Phi) is 3.67. The highest BCUT2D eigenvalue weighted by Gasteiger charge is 2.38. The first kappa shape index (κ1) is 15.9. The van der Waals surface area contributed by atoms with Crippen LogP contribution in [0.3, 0.4) is 0 Å². The minimum Gasteiger partial charge on any atom is -0.507 e. The summed E-state index contributed by atoms with van der Waals surface area (Å²) in [4.78, 5) is 26.0. The average molecular weight is 328 g/mol. The molecule has 0 saturated carbocycles. The van der Waals surface area contributed by atoms with Gasteiger partial charge in [0.25, 0.3) is 0 Å². The van der Waals surface area contributed by atoms with Gasteiger partial charge in [-0.15, -0.1) is 0 Å². The number of ketones is 2. The average Bonchev–Trinajstić information content (AvgIpc) is 2.60. The Labute approximate surface area is 138 Å². The quantitative estimate of drug-likeness (QED) is 0.795. The number of hydrogen-bond acceptors (Lipinski definition) is 6. The molecule has 2 aromatic carbocycles. The van der Waals surface area contributed by atoms with Gasteiger partial charge < -0.3 is 19.3 Å². The fraction of sp³-hybridized carbons (Fsp3) is 0.222. The molecule has 6 nitrogen and oxygen atoms in total. The summed E-state index contributed by atoms with van der Waals surface area (Å²) in [6, 6.07) is 4.53. The molecule has 0 bridgehead atoms. The van der Waals surface area contributed by atoms with E-state index < -0.39 is 11.6 Å². The van der Waals surface area contributed by atoms with Crippen molar-refractivity contribution in [2.24, 2.45) is 0 Å². The number of phenolic OH excluding ortho intramolecular Hbond substituents is 1. The van der Waals surface area contributed by atoms with Crippen molar-refractivity contribution in [3.05, 3.63) is 46.0 Å². The zero-order valence-corrected chi connectivity index (χ0v) is 13.7. The molecule has 6 heteroatoms. The molecule has 0 aliphatic heterocycles. The van der Waals surface area contributed by atoms with Crippen LogP contribution in [0, 0.1) is 6.92 Å². The van der Waals surface area contributed by atoms with E-state index in [4.69, 9.17) is 14.2 Å². The number of carbonyl (C=O) groups is 2. The van der Waals surface area contributed by atoms with Crippen LogP contribution in [0.15, 0.2) is 18.2 Å². The summed E-state index contributed by atoms with van der Waals surface area (Å²) < 4.78 is 15.7. The van der Waals surface area contributed by atoms with Gasteiger partial charge in [-0.05, 0) is 24.6 Å². The summed E-state index contributed by atoms with van der Waals surface area (Å²) >= 11 is 0. The van der Waals surface area contributed by atoms with Crippen molar-refractivity contribution in [2.75, 3.05) is 21.3 Å². The van der Waals surface area contributed by atoms with Crippen molar-refractivity contribution in [3.63, 3.8) is 0 Å². The van der Waals surface area contributed by atoms with E-state index >= 15 is 0 Å². The van der Waals surface area contributed by atoms with Gasteiger partial charge in [-0.1, -0.05) is 0 Å². The van der Waals surface area contributed by atoms with E-state index in [9.17, 15) is 14.7 Å². The minimum atomic E-state index is -0.476. The van der Waals surface area contributed by atoms with Crippen LogP contribution < -0.4 is 14.2 Å². The summed E-state index contributed by atoms with van der Waals surface area (Å²) in [5.41, 5.74) is 0.704. The standard InChI is InChI=1S/C18H16O6/c1-8-5-11(23-3)14-15(16(8)19)17(20)10-6-9(22-2)7-12(24-4)13(10)18(14)21/h5-7,19H,1-4H3. The molecule has 2 aromatic rings. The molecule has 0 unspecified atom stereocenters. The number of ether oxygens (including phenoxy) is 3. The molecule has 124 valence electrons.